The van der Waals surface area contributed by atoms with Gasteiger partial charge in [-0.15, -0.1) is 0 Å². The Labute approximate surface area is 272 Å². The summed E-state index contributed by atoms with van der Waals surface area (Å²) in [5, 5.41) is 4.78. The van der Waals surface area contributed by atoms with E-state index < -0.39 is 0 Å². The SMILES string of the molecule is COc1c(C(=Cc2ccccc2)c2cccc3ccccc23)cc(Br)cc1C(=Cc1ccccc1)c1cccc2ccccc12. The molecule has 0 saturated carbocycles. The Morgan fingerprint density at radius 1 is 0.467 bits per heavy atom. The molecule has 1 nitrogen and oxygen atoms in total. The summed E-state index contributed by atoms with van der Waals surface area (Å²) in [4.78, 5) is 0. The fourth-order valence-electron chi connectivity index (χ4n) is 6.17. The summed E-state index contributed by atoms with van der Waals surface area (Å²) in [6, 6.07) is 55.6. The van der Waals surface area contributed by atoms with Crippen molar-refractivity contribution in [2.75, 3.05) is 7.11 Å². The number of methoxy groups -OCH3 is 1. The molecule has 45 heavy (non-hydrogen) atoms. The highest BCUT2D eigenvalue weighted by Crippen LogP contribution is 2.44. The summed E-state index contributed by atoms with van der Waals surface area (Å²) in [6.45, 7) is 0. The predicted molar refractivity (Wildman–Crippen MR) is 195 cm³/mol. The average molecular weight is 644 g/mol. The van der Waals surface area contributed by atoms with Crippen LogP contribution in [0.15, 0.2) is 162 Å². The zero-order valence-electron chi connectivity index (χ0n) is 25.0. The molecular weight excluding hydrogens is 612 g/mol. The van der Waals surface area contributed by atoms with Gasteiger partial charge in [-0.25, -0.2) is 0 Å². The van der Waals surface area contributed by atoms with E-state index in [1.165, 1.54) is 21.5 Å². The molecule has 0 aliphatic rings. The quantitative estimate of drug-likeness (QED) is 0.157. The van der Waals surface area contributed by atoms with Crippen molar-refractivity contribution in [2.24, 2.45) is 0 Å². The normalized spacial score (nSPS) is 12.0. The Bertz CT molecular complexity index is 2030. The van der Waals surface area contributed by atoms with Gasteiger partial charge < -0.3 is 4.74 Å². The van der Waals surface area contributed by atoms with Crippen LogP contribution in [0.25, 0.3) is 44.8 Å². The van der Waals surface area contributed by atoms with E-state index in [-0.39, 0.29) is 0 Å². The van der Waals surface area contributed by atoms with Crippen LogP contribution >= 0.6 is 15.9 Å². The van der Waals surface area contributed by atoms with Gasteiger partial charge in [0.1, 0.15) is 5.75 Å². The zero-order valence-corrected chi connectivity index (χ0v) is 26.5. The molecule has 0 fully saturated rings. The Kier molecular flexibility index (Phi) is 8.14. The van der Waals surface area contributed by atoms with Gasteiger partial charge in [0.15, 0.2) is 0 Å². The Morgan fingerprint density at radius 3 is 1.31 bits per heavy atom. The van der Waals surface area contributed by atoms with Crippen LogP contribution in [0.3, 0.4) is 0 Å². The summed E-state index contributed by atoms with van der Waals surface area (Å²) in [5.74, 6) is 0.823. The predicted octanol–water partition coefficient (Wildman–Crippen LogP) is 11.9. The van der Waals surface area contributed by atoms with Gasteiger partial charge in [-0.05, 0) is 79.2 Å². The first-order valence-corrected chi connectivity index (χ1v) is 15.9. The maximum Gasteiger partial charge on any atom is 0.134 e. The third-order valence-electron chi connectivity index (χ3n) is 8.22. The highest BCUT2D eigenvalue weighted by molar-refractivity contribution is 9.10. The molecule has 7 aromatic rings. The fourth-order valence-corrected chi connectivity index (χ4v) is 6.63. The molecule has 0 heterocycles. The molecule has 0 radical (unpaired) electrons. The van der Waals surface area contributed by atoms with Crippen molar-refractivity contribution in [3.05, 3.63) is 196 Å². The maximum atomic E-state index is 6.43. The lowest BCUT2D eigenvalue weighted by atomic mass is 9.86. The van der Waals surface area contributed by atoms with E-state index in [0.717, 1.165) is 54.7 Å². The van der Waals surface area contributed by atoms with E-state index >= 15 is 0 Å². The number of fused-ring (bicyclic) bond motifs is 2. The van der Waals surface area contributed by atoms with Crippen molar-refractivity contribution in [2.45, 2.75) is 0 Å². The van der Waals surface area contributed by atoms with Crippen LogP contribution in [0.2, 0.25) is 0 Å². The van der Waals surface area contributed by atoms with Gasteiger partial charge in [0.2, 0.25) is 0 Å². The molecule has 0 unspecified atom stereocenters. The molecule has 7 rings (SSSR count). The molecule has 0 saturated heterocycles. The number of hydrogen-bond acceptors (Lipinski definition) is 1. The van der Waals surface area contributed by atoms with Crippen molar-refractivity contribution >= 4 is 60.8 Å². The molecular formula is C43H31BrO. The lowest BCUT2D eigenvalue weighted by Crippen LogP contribution is -2.01. The Morgan fingerprint density at radius 2 is 0.867 bits per heavy atom. The fraction of sp³-hybridized carbons (Fsp3) is 0.0233. The third kappa shape index (κ3) is 5.85. The van der Waals surface area contributed by atoms with Gasteiger partial charge in [-0.3, -0.25) is 0 Å². The standard InChI is InChI=1S/C43H31BrO/c1-45-43-41(39(26-30-14-4-2-5-15-30)37-24-12-20-32-18-8-10-22-35(32)37)28-34(44)29-42(43)40(27-31-16-6-3-7-17-31)38-25-13-21-33-19-9-11-23-36(33)38/h2-29H,1H3. The van der Waals surface area contributed by atoms with Gasteiger partial charge in [0.25, 0.3) is 0 Å². The first kappa shape index (κ1) is 28.6. The molecule has 0 spiro atoms. The van der Waals surface area contributed by atoms with E-state index in [9.17, 15) is 0 Å². The third-order valence-corrected chi connectivity index (χ3v) is 8.68. The molecule has 0 aliphatic heterocycles. The Hall–Kier alpha value is -5.18. The number of benzene rings is 7. The highest BCUT2D eigenvalue weighted by atomic mass is 79.9. The van der Waals surface area contributed by atoms with Gasteiger partial charge >= 0.3 is 0 Å². The summed E-state index contributed by atoms with van der Waals surface area (Å²) >= 11 is 3.92. The van der Waals surface area contributed by atoms with Gasteiger partial charge in [-0.1, -0.05) is 162 Å². The lowest BCUT2D eigenvalue weighted by molar-refractivity contribution is 0.412. The minimum atomic E-state index is 0.823. The number of ether oxygens (including phenoxy) is 1. The van der Waals surface area contributed by atoms with Crippen LogP contribution in [-0.2, 0) is 0 Å². The monoisotopic (exact) mass is 642 g/mol. The van der Waals surface area contributed by atoms with E-state index in [4.69, 9.17) is 4.74 Å². The van der Waals surface area contributed by atoms with Crippen LogP contribution in [0.4, 0.5) is 0 Å². The largest absolute Gasteiger partial charge is 0.495 e. The number of rotatable bonds is 7. The van der Waals surface area contributed by atoms with E-state index in [0.29, 0.717) is 0 Å². The van der Waals surface area contributed by atoms with Crippen LogP contribution in [-0.4, -0.2) is 7.11 Å². The number of halogens is 1. The van der Waals surface area contributed by atoms with E-state index in [1.54, 1.807) is 7.11 Å². The van der Waals surface area contributed by atoms with Crippen molar-refractivity contribution in [3.63, 3.8) is 0 Å². The first-order valence-electron chi connectivity index (χ1n) is 15.1. The smallest absolute Gasteiger partial charge is 0.134 e. The zero-order chi connectivity index (χ0) is 30.6. The highest BCUT2D eigenvalue weighted by Gasteiger charge is 2.22. The van der Waals surface area contributed by atoms with Crippen LogP contribution < -0.4 is 4.74 Å². The minimum Gasteiger partial charge on any atom is -0.495 e. The van der Waals surface area contributed by atoms with Gasteiger partial charge in [0, 0.05) is 15.6 Å². The van der Waals surface area contributed by atoms with E-state index in [1.807, 2.05) is 0 Å². The second-order valence-electron chi connectivity index (χ2n) is 11.0. The van der Waals surface area contributed by atoms with Gasteiger partial charge in [-0.2, -0.15) is 0 Å². The molecule has 0 aliphatic carbocycles. The Balaban J connectivity index is 1.55. The average Bonchev–Trinajstić information content (AvgIpc) is 3.10. The molecule has 7 aromatic carbocycles. The van der Waals surface area contributed by atoms with Crippen LogP contribution in [0, 0.1) is 0 Å². The summed E-state index contributed by atoms with van der Waals surface area (Å²) in [7, 11) is 1.78. The topological polar surface area (TPSA) is 9.23 Å². The van der Waals surface area contributed by atoms with Crippen molar-refractivity contribution in [1.82, 2.24) is 0 Å². The molecule has 0 bridgehead atoms. The molecule has 0 N–H and O–H groups in total. The van der Waals surface area contributed by atoms with Crippen LogP contribution in [0.5, 0.6) is 5.75 Å². The van der Waals surface area contributed by atoms with E-state index in [2.05, 4.69) is 186 Å². The first-order chi connectivity index (χ1) is 22.2. The van der Waals surface area contributed by atoms with Crippen LogP contribution in [0.1, 0.15) is 33.4 Å². The van der Waals surface area contributed by atoms with Gasteiger partial charge in [0.05, 0.1) is 7.11 Å². The van der Waals surface area contributed by atoms with Crippen molar-refractivity contribution in [3.8, 4) is 5.75 Å². The lowest BCUT2D eigenvalue weighted by Gasteiger charge is -2.21. The molecule has 216 valence electrons. The molecule has 0 atom stereocenters. The minimum absolute atomic E-state index is 0.823. The molecule has 0 amide bonds. The summed E-state index contributed by atoms with van der Waals surface area (Å²) in [6.07, 6.45) is 4.54. The number of hydrogen-bond donors (Lipinski definition) is 0. The second kappa shape index (κ2) is 12.8. The molecule has 2 heteroatoms. The molecule has 0 aromatic heterocycles. The summed E-state index contributed by atoms with van der Waals surface area (Å²) in [5.41, 5.74) is 8.76. The van der Waals surface area contributed by atoms with Crippen molar-refractivity contribution < 1.29 is 4.74 Å². The summed E-state index contributed by atoms with van der Waals surface area (Å²) < 4.78 is 7.41. The maximum absolute atomic E-state index is 6.43. The second-order valence-corrected chi connectivity index (χ2v) is 11.9. The van der Waals surface area contributed by atoms with Crippen molar-refractivity contribution in [1.29, 1.82) is 0 Å².